The van der Waals surface area contributed by atoms with Gasteiger partial charge in [-0.1, -0.05) is 30.3 Å². The molecule has 1 aromatic heterocycles. The molecule has 0 saturated carbocycles. The lowest BCUT2D eigenvalue weighted by atomic mass is 10.2. The fourth-order valence-corrected chi connectivity index (χ4v) is 3.07. The van der Waals surface area contributed by atoms with E-state index in [1.807, 2.05) is 30.3 Å². The number of nitrogens with one attached hydrogen (secondary N) is 2. The lowest BCUT2D eigenvalue weighted by Crippen LogP contribution is -2.43. The number of hydrogen-bond donors (Lipinski definition) is 2. The van der Waals surface area contributed by atoms with E-state index >= 15 is 0 Å². The molecule has 0 unspecified atom stereocenters. The Balaban J connectivity index is 1.26. The smallest absolute Gasteiger partial charge is 0.239 e. The van der Waals surface area contributed by atoms with Crippen LogP contribution >= 0.6 is 0 Å². The maximum Gasteiger partial charge on any atom is 0.239 e. The van der Waals surface area contributed by atoms with Crippen LogP contribution in [0.4, 0.5) is 0 Å². The van der Waals surface area contributed by atoms with Gasteiger partial charge in [0.05, 0.1) is 26.0 Å². The number of carbonyl (C=O) groups excluding carboxylic acids is 2. The molecule has 8 nitrogen and oxygen atoms in total. The highest BCUT2D eigenvalue weighted by Crippen LogP contribution is 2.20. The molecule has 0 spiro atoms. The Morgan fingerprint density at radius 1 is 1.07 bits per heavy atom. The van der Waals surface area contributed by atoms with E-state index in [4.69, 9.17) is 9.15 Å². The van der Waals surface area contributed by atoms with Crippen LogP contribution < -0.4 is 10.6 Å². The predicted molar refractivity (Wildman–Crippen MR) is 108 cm³/mol. The molecule has 2 aromatic rings. The van der Waals surface area contributed by atoms with E-state index in [1.54, 1.807) is 6.20 Å². The van der Waals surface area contributed by atoms with Crippen LogP contribution in [0.3, 0.4) is 0 Å². The van der Waals surface area contributed by atoms with Gasteiger partial charge < -0.3 is 19.8 Å². The Kier molecular flexibility index (Phi) is 8.21. The highest BCUT2D eigenvalue weighted by atomic mass is 16.5. The van der Waals surface area contributed by atoms with E-state index in [0.29, 0.717) is 31.7 Å². The van der Waals surface area contributed by atoms with Crippen LogP contribution in [0.1, 0.15) is 18.7 Å². The number of amides is 2. The fourth-order valence-electron chi connectivity index (χ4n) is 3.07. The number of morpholine rings is 1. The minimum Gasteiger partial charge on any atom is -0.441 e. The van der Waals surface area contributed by atoms with Crippen molar-refractivity contribution in [3.63, 3.8) is 0 Å². The molecule has 8 heteroatoms. The number of benzene rings is 1. The summed E-state index contributed by atoms with van der Waals surface area (Å²) < 4.78 is 11.0. The first-order valence-corrected chi connectivity index (χ1v) is 10.0. The zero-order valence-corrected chi connectivity index (χ0v) is 16.6. The molecule has 3 rings (SSSR count). The first-order valence-electron chi connectivity index (χ1n) is 10.0. The third-order valence-corrected chi connectivity index (χ3v) is 4.71. The van der Waals surface area contributed by atoms with E-state index < -0.39 is 0 Å². The molecule has 0 radical (unpaired) electrons. The molecule has 2 heterocycles. The number of hydrogen-bond acceptors (Lipinski definition) is 6. The first-order chi connectivity index (χ1) is 14.2. The molecule has 1 aliphatic heterocycles. The summed E-state index contributed by atoms with van der Waals surface area (Å²) in [6.45, 7) is 4.63. The maximum absolute atomic E-state index is 11.9. The summed E-state index contributed by atoms with van der Waals surface area (Å²) in [7, 11) is 0. The number of aromatic nitrogens is 1. The monoisotopic (exact) mass is 400 g/mol. The Morgan fingerprint density at radius 3 is 2.66 bits per heavy atom. The van der Waals surface area contributed by atoms with Gasteiger partial charge in [-0.3, -0.25) is 14.5 Å². The molecule has 2 N–H and O–H groups in total. The molecule has 0 bridgehead atoms. The van der Waals surface area contributed by atoms with Crippen LogP contribution in [-0.4, -0.2) is 67.6 Å². The Bertz CT molecular complexity index is 772. The third-order valence-electron chi connectivity index (χ3n) is 4.71. The molecule has 1 aromatic carbocycles. The van der Waals surface area contributed by atoms with Crippen molar-refractivity contribution in [3.05, 3.63) is 42.4 Å². The first kappa shape index (κ1) is 21.0. The SMILES string of the molecule is O=C(CCCc1ncc(-c2ccccc2)o1)NCC(=O)NCCN1CCOCC1. The van der Waals surface area contributed by atoms with Gasteiger partial charge in [0.2, 0.25) is 11.8 Å². The third kappa shape index (κ3) is 7.32. The summed E-state index contributed by atoms with van der Waals surface area (Å²) >= 11 is 0. The fraction of sp³-hybridized carbons (Fsp3) is 0.476. The Hall–Kier alpha value is -2.71. The standard InChI is InChI=1S/C21H28N4O4/c26-19(23-16-20(27)22-9-10-25-11-13-28-14-12-25)7-4-8-21-24-15-18(29-21)17-5-2-1-3-6-17/h1-3,5-6,15H,4,7-14,16H2,(H,22,27)(H,23,26). The Labute approximate surface area is 170 Å². The molecule has 2 amide bonds. The van der Waals surface area contributed by atoms with Crippen molar-refractivity contribution >= 4 is 11.8 Å². The average Bonchev–Trinajstić information content (AvgIpc) is 3.23. The molecule has 1 aliphatic rings. The topological polar surface area (TPSA) is 96.7 Å². The second-order valence-corrected chi connectivity index (χ2v) is 6.92. The van der Waals surface area contributed by atoms with Crippen molar-refractivity contribution in [2.75, 3.05) is 45.9 Å². The number of oxazole rings is 1. The van der Waals surface area contributed by atoms with Gasteiger partial charge in [0.15, 0.2) is 11.7 Å². The zero-order valence-electron chi connectivity index (χ0n) is 16.6. The zero-order chi connectivity index (χ0) is 20.3. The number of ether oxygens (including phenoxy) is 1. The van der Waals surface area contributed by atoms with Crippen LogP contribution in [0.15, 0.2) is 40.9 Å². The maximum atomic E-state index is 11.9. The number of rotatable bonds is 10. The van der Waals surface area contributed by atoms with Gasteiger partial charge in [0.1, 0.15) is 0 Å². The van der Waals surface area contributed by atoms with Gasteiger partial charge in [0.25, 0.3) is 0 Å². The lowest BCUT2D eigenvalue weighted by Gasteiger charge is -2.26. The molecular formula is C21H28N4O4. The Morgan fingerprint density at radius 2 is 1.86 bits per heavy atom. The second kappa shape index (κ2) is 11.3. The van der Waals surface area contributed by atoms with Crippen LogP contribution in [-0.2, 0) is 20.7 Å². The van der Waals surface area contributed by atoms with Gasteiger partial charge >= 0.3 is 0 Å². The normalized spacial score (nSPS) is 14.5. The van der Waals surface area contributed by atoms with E-state index in [-0.39, 0.29) is 18.4 Å². The second-order valence-electron chi connectivity index (χ2n) is 6.92. The highest BCUT2D eigenvalue weighted by molar-refractivity contribution is 5.84. The van der Waals surface area contributed by atoms with E-state index in [1.165, 1.54) is 0 Å². The summed E-state index contributed by atoms with van der Waals surface area (Å²) in [5.74, 6) is 1.01. The minimum atomic E-state index is -0.174. The van der Waals surface area contributed by atoms with Gasteiger partial charge in [0, 0.05) is 44.6 Å². The molecule has 1 fully saturated rings. The van der Waals surface area contributed by atoms with Gasteiger partial charge in [-0.2, -0.15) is 0 Å². The van der Waals surface area contributed by atoms with Crippen molar-refractivity contribution < 1.29 is 18.7 Å². The summed E-state index contributed by atoms with van der Waals surface area (Å²) in [5, 5.41) is 5.48. The van der Waals surface area contributed by atoms with Gasteiger partial charge in [-0.15, -0.1) is 0 Å². The minimum absolute atomic E-state index is 0.000891. The van der Waals surface area contributed by atoms with Crippen LogP contribution in [0.2, 0.25) is 0 Å². The van der Waals surface area contributed by atoms with E-state index in [2.05, 4.69) is 20.5 Å². The van der Waals surface area contributed by atoms with Crippen molar-refractivity contribution in [3.8, 4) is 11.3 Å². The van der Waals surface area contributed by atoms with Gasteiger partial charge in [-0.05, 0) is 6.42 Å². The number of aryl methyl sites for hydroxylation is 1. The van der Waals surface area contributed by atoms with Crippen molar-refractivity contribution in [1.82, 2.24) is 20.5 Å². The summed E-state index contributed by atoms with van der Waals surface area (Å²) in [6, 6.07) is 9.76. The average molecular weight is 400 g/mol. The van der Waals surface area contributed by atoms with Crippen molar-refractivity contribution in [1.29, 1.82) is 0 Å². The molecule has 156 valence electrons. The van der Waals surface area contributed by atoms with Crippen molar-refractivity contribution in [2.24, 2.45) is 0 Å². The lowest BCUT2D eigenvalue weighted by molar-refractivity contribution is -0.126. The molecular weight excluding hydrogens is 372 g/mol. The highest BCUT2D eigenvalue weighted by Gasteiger charge is 2.11. The molecule has 0 aliphatic carbocycles. The molecule has 0 atom stereocenters. The van der Waals surface area contributed by atoms with Crippen LogP contribution in [0.25, 0.3) is 11.3 Å². The number of nitrogens with zero attached hydrogens (tertiary/aromatic N) is 2. The van der Waals surface area contributed by atoms with E-state index in [0.717, 1.165) is 44.2 Å². The molecule has 29 heavy (non-hydrogen) atoms. The number of carbonyl (C=O) groups is 2. The van der Waals surface area contributed by atoms with Crippen LogP contribution in [0, 0.1) is 0 Å². The summed E-state index contributed by atoms with van der Waals surface area (Å²) in [5.41, 5.74) is 0.976. The summed E-state index contributed by atoms with van der Waals surface area (Å²) in [6.07, 6.45) is 3.21. The van der Waals surface area contributed by atoms with Crippen molar-refractivity contribution in [2.45, 2.75) is 19.3 Å². The quantitative estimate of drug-likeness (QED) is 0.623. The van der Waals surface area contributed by atoms with E-state index in [9.17, 15) is 9.59 Å². The van der Waals surface area contributed by atoms with Gasteiger partial charge in [-0.25, -0.2) is 4.98 Å². The van der Waals surface area contributed by atoms with Crippen LogP contribution in [0.5, 0.6) is 0 Å². The largest absolute Gasteiger partial charge is 0.441 e. The predicted octanol–water partition coefficient (Wildman–Crippen LogP) is 1.23. The molecule has 1 saturated heterocycles. The summed E-state index contributed by atoms with van der Waals surface area (Å²) in [4.78, 5) is 30.3.